The van der Waals surface area contributed by atoms with Gasteiger partial charge in [-0.3, -0.25) is 19.7 Å². The number of hydrogen-bond acceptors (Lipinski definition) is 6. The van der Waals surface area contributed by atoms with Gasteiger partial charge in [-0.05, 0) is 87.6 Å². The molecule has 3 atom stereocenters. The van der Waals surface area contributed by atoms with Gasteiger partial charge in [0.2, 0.25) is 11.8 Å². The molecule has 8 nitrogen and oxygen atoms in total. The van der Waals surface area contributed by atoms with Crippen LogP contribution in [0.2, 0.25) is 0 Å². The fourth-order valence-electron chi connectivity index (χ4n) is 6.34. The molecule has 2 aliphatic carbocycles. The van der Waals surface area contributed by atoms with Gasteiger partial charge in [-0.25, -0.2) is 0 Å². The van der Waals surface area contributed by atoms with E-state index in [0.717, 1.165) is 50.0 Å². The molecule has 2 N–H and O–H groups in total. The average Bonchev–Trinajstić information content (AvgIpc) is 3.04. The number of hydrogen-bond donors (Lipinski definition) is 2. The van der Waals surface area contributed by atoms with Crippen LogP contribution in [-0.4, -0.2) is 60.6 Å². The summed E-state index contributed by atoms with van der Waals surface area (Å²) in [5.74, 6) is 0.677. The zero-order valence-corrected chi connectivity index (χ0v) is 21.3. The minimum absolute atomic E-state index is 0.101. The van der Waals surface area contributed by atoms with E-state index in [1.807, 2.05) is 25.3 Å². The van der Waals surface area contributed by atoms with Gasteiger partial charge in [0.25, 0.3) is 5.91 Å². The van der Waals surface area contributed by atoms with Crippen molar-refractivity contribution in [1.82, 2.24) is 15.5 Å². The van der Waals surface area contributed by atoms with Crippen molar-refractivity contribution in [3.8, 4) is 5.75 Å². The number of nitrogens with zero attached hydrogens (tertiary/aromatic N) is 1. The molecule has 0 bridgehead atoms. The first-order valence-electron chi connectivity index (χ1n) is 13.7. The summed E-state index contributed by atoms with van der Waals surface area (Å²) in [7, 11) is 1.82. The van der Waals surface area contributed by atoms with E-state index in [4.69, 9.17) is 9.47 Å². The number of carbonyl (C=O) groups excluding carboxylic acids is 3. The molecule has 196 valence electrons. The maximum Gasteiger partial charge on any atom is 0.255 e. The first-order chi connectivity index (χ1) is 17.5. The van der Waals surface area contributed by atoms with E-state index in [-0.39, 0.29) is 30.2 Å². The van der Waals surface area contributed by atoms with Gasteiger partial charge in [0.1, 0.15) is 17.9 Å². The van der Waals surface area contributed by atoms with E-state index in [1.54, 1.807) is 4.90 Å². The van der Waals surface area contributed by atoms with Crippen LogP contribution in [0.5, 0.6) is 5.75 Å². The van der Waals surface area contributed by atoms with Crippen LogP contribution in [0.25, 0.3) is 0 Å². The summed E-state index contributed by atoms with van der Waals surface area (Å²) in [6, 6.07) is 5.40. The maximum atomic E-state index is 13.0. The van der Waals surface area contributed by atoms with Crippen LogP contribution in [0.15, 0.2) is 18.2 Å². The van der Waals surface area contributed by atoms with Crippen molar-refractivity contribution in [2.75, 3.05) is 13.7 Å². The number of piperidine rings is 1. The van der Waals surface area contributed by atoms with Gasteiger partial charge in [-0.2, -0.15) is 0 Å². The fourth-order valence-corrected chi connectivity index (χ4v) is 6.34. The van der Waals surface area contributed by atoms with E-state index >= 15 is 0 Å². The van der Waals surface area contributed by atoms with Gasteiger partial charge in [0.05, 0.1) is 6.10 Å². The van der Waals surface area contributed by atoms with Crippen LogP contribution in [0, 0.1) is 5.92 Å². The summed E-state index contributed by atoms with van der Waals surface area (Å²) < 4.78 is 12.1. The lowest BCUT2D eigenvalue weighted by atomic mass is 9.87. The number of ether oxygens (including phenoxy) is 2. The highest BCUT2D eigenvalue weighted by atomic mass is 16.5. The number of imide groups is 1. The summed E-state index contributed by atoms with van der Waals surface area (Å²) in [4.78, 5) is 38.4. The predicted octanol–water partition coefficient (Wildman–Crippen LogP) is 3.32. The molecule has 1 aromatic rings. The highest BCUT2D eigenvalue weighted by molar-refractivity contribution is 6.05. The highest BCUT2D eigenvalue weighted by Crippen LogP contribution is 2.32. The lowest BCUT2D eigenvalue weighted by Crippen LogP contribution is -2.52. The molecule has 1 saturated heterocycles. The Labute approximate surface area is 213 Å². The minimum atomic E-state index is -0.596. The van der Waals surface area contributed by atoms with Crippen LogP contribution in [0.1, 0.15) is 86.6 Å². The molecule has 2 saturated carbocycles. The molecule has 2 aliphatic heterocycles. The zero-order chi connectivity index (χ0) is 25.1. The van der Waals surface area contributed by atoms with Crippen molar-refractivity contribution < 1.29 is 23.9 Å². The number of rotatable bonds is 7. The number of methoxy groups -OCH3 is 1. The topological polar surface area (TPSA) is 97.0 Å². The van der Waals surface area contributed by atoms with E-state index in [1.165, 1.54) is 25.7 Å². The Morgan fingerprint density at radius 2 is 1.81 bits per heavy atom. The Kier molecular flexibility index (Phi) is 7.91. The average molecular weight is 498 g/mol. The van der Waals surface area contributed by atoms with Gasteiger partial charge in [0, 0.05) is 31.7 Å². The summed E-state index contributed by atoms with van der Waals surface area (Å²) in [6.07, 6.45) is 11.6. The van der Waals surface area contributed by atoms with Crippen molar-refractivity contribution in [3.05, 3.63) is 29.3 Å². The number of carbonyl (C=O) groups is 3. The van der Waals surface area contributed by atoms with Gasteiger partial charge in [0.15, 0.2) is 0 Å². The first-order valence-corrected chi connectivity index (χ1v) is 13.7. The van der Waals surface area contributed by atoms with E-state index in [0.29, 0.717) is 36.6 Å². The van der Waals surface area contributed by atoms with Crippen molar-refractivity contribution in [3.63, 3.8) is 0 Å². The molecular formula is C28H39N3O5. The van der Waals surface area contributed by atoms with Crippen molar-refractivity contribution in [2.24, 2.45) is 5.92 Å². The largest absolute Gasteiger partial charge is 0.489 e. The Bertz CT molecular complexity index is 974. The summed E-state index contributed by atoms with van der Waals surface area (Å²) in [5, 5.41) is 6.21. The van der Waals surface area contributed by atoms with Crippen molar-refractivity contribution in [2.45, 2.75) is 101 Å². The Balaban J connectivity index is 1.21. The monoisotopic (exact) mass is 497 g/mol. The van der Waals surface area contributed by atoms with Crippen LogP contribution in [-0.2, 0) is 20.9 Å². The van der Waals surface area contributed by atoms with Gasteiger partial charge >= 0.3 is 0 Å². The van der Waals surface area contributed by atoms with Gasteiger partial charge < -0.3 is 19.7 Å². The van der Waals surface area contributed by atoms with Crippen LogP contribution >= 0.6 is 0 Å². The smallest absolute Gasteiger partial charge is 0.255 e. The molecule has 0 radical (unpaired) electrons. The third-order valence-corrected chi connectivity index (χ3v) is 8.53. The van der Waals surface area contributed by atoms with Crippen molar-refractivity contribution >= 4 is 17.7 Å². The summed E-state index contributed by atoms with van der Waals surface area (Å²) in [5.41, 5.74) is 1.50. The predicted molar refractivity (Wildman–Crippen MR) is 135 cm³/mol. The number of amides is 3. The third-order valence-electron chi connectivity index (χ3n) is 8.53. The molecule has 1 unspecified atom stereocenters. The van der Waals surface area contributed by atoms with E-state index < -0.39 is 6.04 Å². The second-order valence-corrected chi connectivity index (χ2v) is 10.9. The molecule has 36 heavy (non-hydrogen) atoms. The number of nitrogens with one attached hydrogen (secondary N) is 2. The normalized spacial score (nSPS) is 31.1. The Hall–Kier alpha value is -2.45. The van der Waals surface area contributed by atoms with Crippen LogP contribution < -0.4 is 15.4 Å². The molecule has 0 spiro atoms. The molecule has 8 heteroatoms. The molecule has 1 aromatic carbocycles. The summed E-state index contributed by atoms with van der Waals surface area (Å²) in [6.45, 7) is 1.40. The third kappa shape index (κ3) is 5.59. The molecule has 3 fully saturated rings. The Morgan fingerprint density at radius 1 is 1.00 bits per heavy atom. The SMILES string of the molecule is COC1CCC(CN[C@@H]2CCCCC[C@H]2Oc2ccc3c(c2)CN(C2CCC(=O)NC2=O)C3=O)CC1. The molecule has 4 aliphatic rings. The lowest BCUT2D eigenvalue weighted by molar-refractivity contribution is -0.136. The number of benzene rings is 1. The van der Waals surface area contributed by atoms with Crippen LogP contribution in [0.4, 0.5) is 0 Å². The molecule has 5 rings (SSSR count). The molecule has 3 amide bonds. The minimum Gasteiger partial charge on any atom is -0.489 e. The molecule has 0 aromatic heterocycles. The maximum absolute atomic E-state index is 13.0. The van der Waals surface area contributed by atoms with Crippen LogP contribution in [0.3, 0.4) is 0 Å². The fraction of sp³-hybridized carbons (Fsp3) is 0.679. The summed E-state index contributed by atoms with van der Waals surface area (Å²) >= 11 is 0. The zero-order valence-electron chi connectivity index (χ0n) is 21.3. The van der Waals surface area contributed by atoms with Gasteiger partial charge in [-0.1, -0.05) is 12.8 Å². The van der Waals surface area contributed by atoms with E-state index in [9.17, 15) is 14.4 Å². The van der Waals surface area contributed by atoms with Gasteiger partial charge in [-0.15, -0.1) is 0 Å². The first kappa shape index (κ1) is 25.2. The van der Waals surface area contributed by atoms with E-state index in [2.05, 4.69) is 10.6 Å². The molecular weight excluding hydrogens is 458 g/mol. The number of fused-ring (bicyclic) bond motifs is 1. The second kappa shape index (κ2) is 11.3. The quantitative estimate of drug-likeness (QED) is 0.443. The standard InChI is InChI=1S/C28H39N3O5/c1-35-20-9-7-18(8-10-20)16-29-23-5-3-2-4-6-25(23)36-21-11-12-22-19(15-21)17-31(28(22)34)24-13-14-26(32)30-27(24)33/h11-12,15,18,20,23-25,29H,2-10,13-14,16-17H2,1H3,(H,30,32,33)/t18?,20?,23-,24?,25-/m1/s1. The van der Waals surface area contributed by atoms with Crippen molar-refractivity contribution in [1.29, 1.82) is 0 Å². The lowest BCUT2D eigenvalue weighted by Gasteiger charge is -2.32. The second-order valence-electron chi connectivity index (χ2n) is 10.9. The highest BCUT2D eigenvalue weighted by Gasteiger charge is 2.39. The Morgan fingerprint density at radius 3 is 2.58 bits per heavy atom. The molecule has 2 heterocycles.